The summed E-state index contributed by atoms with van der Waals surface area (Å²) in [7, 11) is 0. The van der Waals surface area contributed by atoms with Crippen molar-refractivity contribution in [1.29, 1.82) is 0 Å². The van der Waals surface area contributed by atoms with Gasteiger partial charge in [-0.2, -0.15) is 0 Å². The van der Waals surface area contributed by atoms with E-state index in [0.717, 1.165) is 62.0 Å². The van der Waals surface area contributed by atoms with Gasteiger partial charge < -0.3 is 20.1 Å². The fraction of sp³-hybridized carbons (Fsp3) is 0.391. The number of nitrogens with one attached hydrogen (secondary N) is 2. The summed E-state index contributed by atoms with van der Waals surface area (Å²) in [6, 6.07) is 16.8. The van der Waals surface area contributed by atoms with E-state index in [9.17, 15) is 4.79 Å². The second-order valence-electron chi connectivity index (χ2n) is 8.16. The minimum absolute atomic E-state index is 0.189. The maximum atomic E-state index is 12.7. The number of anilines is 1. The summed E-state index contributed by atoms with van der Waals surface area (Å²) in [4.78, 5) is 25.0. The number of likely N-dealkylation sites (tertiary alicyclic amines) is 1. The number of aromatic nitrogens is 2. The van der Waals surface area contributed by atoms with Crippen molar-refractivity contribution in [3.63, 3.8) is 0 Å². The maximum absolute atomic E-state index is 12.7. The smallest absolute Gasteiger partial charge is 0.247 e. The van der Waals surface area contributed by atoms with Crippen molar-refractivity contribution in [2.45, 2.75) is 31.2 Å². The Morgan fingerprint density at radius 1 is 1.07 bits per heavy atom. The normalized spacial score (nSPS) is 19.2. The number of hydrogen-bond donors (Lipinski definition) is 2. The highest BCUT2D eigenvalue weighted by atomic mass is 16.2. The third kappa shape index (κ3) is 3.38. The van der Waals surface area contributed by atoms with Crippen molar-refractivity contribution < 1.29 is 4.79 Å². The number of rotatable bonds is 5. The number of piperidine rings is 1. The Morgan fingerprint density at radius 2 is 1.90 bits per heavy atom. The number of H-pyrrole nitrogens is 1. The Labute approximate surface area is 170 Å². The molecule has 0 aliphatic carbocycles. The molecular weight excluding hydrogens is 362 g/mol. The third-order valence-corrected chi connectivity index (χ3v) is 6.51. The van der Waals surface area contributed by atoms with Crippen molar-refractivity contribution in [2.75, 3.05) is 31.2 Å². The molecule has 1 amide bonds. The molecule has 150 valence electrons. The molecule has 2 fully saturated rings. The van der Waals surface area contributed by atoms with Crippen LogP contribution < -0.4 is 10.2 Å². The van der Waals surface area contributed by atoms with Crippen LogP contribution in [0.1, 0.15) is 24.8 Å². The maximum Gasteiger partial charge on any atom is 0.247 e. The monoisotopic (exact) mass is 389 g/mol. The number of benzene rings is 2. The number of para-hydroxylation sites is 1. The highest BCUT2D eigenvalue weighted by molar-refractivity contribution is 5.93. The number of nitrogens with zero attached hydrogens (tertiary/aromatic N) is 3. The minimum atomic E-state index is -0.385. The Hall–Kier alpha value is -2.86. The Kier molecular flexibility index (Phi) is 4.72. The van der Waals surface area contributed by atoms with Crippen LogP contribution in [0.3, 0.4) is 0 Å². The third-order valence-electron chi connectivity index (χ3n) is 6.51. The van der Waals surface area contributed by atoms with E-state index in [-0.39, 0.29) is 11.4 Å². The van der Waals surface area contributed by atoms with E-state index in [1.807, 2.05) is 18.2 Å². The van der Waals surface area contributed by atoms with Gasteiger partial charge in [0.2, 0.25) is 5.91 Å². The van der Waals surface area contributed by atoms with Crippen LogP contribution in [0.25, 0.3) is 11.0 Å². The molecule has 3 aromatic rings. The Morgan fingerprint density at radius 3 is 2.72 bits per heavy atom. The van der Waals surface area contributed by atoms with Gasteiger partial charge in [-0.15, -0.1) is 0 Å². The van der Waals surface area contributed by atoms with Crippen LogP contribution in [0, 0.1) is 0 Å². The molecule has 2 aliphatic heterocycles. The summed E-state index contributed by atoms with van der Waals surface area (Å²) in [5.41, 5.74) is 4.22. The lowest BCUT2D eigenvalue weighted by Gasteiger charge is -2.43. The average molecular weight is 390 g/mol. The van der Waals surface area contributed by atoms with Crippen molar-refractivity contribution in [1.82, 2.24) is 20.2 Å². The molecule has 0 atom stereocenters. The summed E-state index contributed by atoms with van der Waals surface area (Å²) >= 11 is 0. The van der Waals surface area contributed by atoms with E-state index in [2.05, 4.69) is 55.4 Å². The zero-order chi connectivity index (χ0) is 19.7. The van der Waals surface area contributed by atoms with E-state index < -0.39 is 0 Å². The molecule has 0 bridgehead atoms. The first-order valence-electron chi connectivity index (χ1n) is 10.5. The number of amides is 1. The van der Waals surface area contributed by atoms with Gasteiger partial charge in [-0.05, 0) is 62.1 Å². The highest BCUT2D eigenvalue weighted by Crippen LogP contribution is 2.36. The molecule has 29 heavy (non-hydrogen) atoms. The van der Waals surface area contributed by atoms with Crippen molar-refractivity contribution >= 4 is 22.6 Å². The quantitative estimate of drug-likeness (QED) is 0.704. The summed E-state index contributed by atoms with van der Waals surface area (Å²) in [6.45, 7) is 3.62. The number of carbonyl (C=O) groups excluding carboxylic acids is 1. The highest BCUT2D eigenvalue weighted by Gasteiger charge is 2.50. The Bertz CT molecular complexity index is 991. The predicted octanol–water partition coefficient (Wildman–Crippen LogP) is 2.92. The van der Waals surface area contributed by atoms with Gasteiger partial charge in [0.1, 0.15) is 5.54 Å². The van der Waals surface area contributed by atoms with Crippen LogP contribution in [0.15, 0.2) is 54.9 Å². The molecule has 1 aromatic heterocycles. The van der Waals surface area contributed by atoms with Gasteiger partial charge in [-0.3, -0.25) is 4.79 Å². The standard InChI is InChI=1S/C23H27N5O/c29-22-23(28(17-26-22)19-6-2-1-3-7-19)10-13-27(14-11-23)12-4-5-18-8-9-20-21(15-18)25-16-24-20/h1-3,6-9,15-16H,4-5,10-14,17H2,(H,24,25)(H,26,29). The number of carbonyl (C=O) groups is 1. The topological polar surface area (TPSA) is 64.3 Å². The molecule has 2 aromatic carbocycles. The predicted molar refractivity (Wildman–Crippen MR) is 115 cm³/mol. The summed E-state index contributed by atoms with van der Waals surface area (Å²) in [6.07, 6.45) is 5.70. The molecule has 2 aliphatic rings. The molecule has 5 rings (SSSR count). The first-order chi connectivity index (χ1) is 14.2. The first-order valence-corrected chi connectivity index (χ1v) is 10.5. The Balaban J connectivity index is 1.18. The zero-order valence-corrected chi connectivity index (χ0v) is 16.6. The number of imidazole rings is 1. The van der Waals surface area contributed by atoms with Gasteiger partial charge in [0.05, 0.1) is 24.0 Å². The lowest BCUT2D eigenvalue weighted by molar-refractivity contribution is -0.125. The summed E-state index contributed by atoms with van der Waals surface area (Å²) in [5, 5.41) is 3.08. The number of aromatic amines is 1. The molecule has 2 N–H and O–H groups in total. The van der Waals surface area contributed by atoms with E-state index in [4.69, 9.17) is 0 Å². The fourth-order valence-electron chi connectivity index (χ4n) is 4.82. The molecule has 6 heteroatoms. The van der Waals surface area contributed by atoms with Gasteiger partial charge in [0.25, 0.3) is 0 Å². The largest absolute Gasteiger partial charge is 0.345 e. The summed E-state index contributed by atoms with van der Waals surface area (Å²) < 4.78 is 0. The van der Waals surface area contributed by atoms with Crippen LogP contribution in [0.5, 0.6) is 0 Å². The molecule has 0 unspecified atom stereocenters. The second kappa shape index (κ2) is 7.52. The van der Waals surface area contributed by atoms with E-state index in [1.54, 1.807) is 6.33 Å². The lowest BCUT2D eigenvalue weighted by Crippen LogP contribution is -2.56. The van der Waals surface area contributed by atoms with Gasteiger partial charge >= 0.3 is 0 Å². The van der Waals surface area contributed by atoms with Gasteiger partial charge in [0, 0.05) is 18.8 Å². The van der Waals surface area contributed by atoms with Gasteiger partial charge in [-0.1, -0.05) is 24.3 Å². The molecule has 3 heterocycles. The van der Waals surface area contributed by atoms with Gasteiger partial charge in [-0.25, -0.2) is 4.98 Å². The molecule has 0 radical (unpaired) electrons. The van der Waals surface area contributed by atoms with Crippen LogP contribution in [-0.2, 0) is 11.2 Å². The molecule has 2 saturated heterocycles. The molecule has 0 saturated carbocycles. The van der Waals surface area contributed by atoms with Crippen molar-refractivity contribution in [2.24, 2.45) is 0 Å². The molecule has 1 spiro atoms. The SMILES string of the molecule is O=C1NCN(c2ccccc2)C12CCN(CCCc1ccc3nc[nH]c3c1)CC2. The van der Waals surface area contributed by atoms with E-state index >= 15 is 0 Å². The van der Waals surface area contributed by atoms with E-state index in [0.29, 0.717) is 6.67 Å². The minimum Gasteiger partial charge on any atom is -0.345 e. The zero-order valence-electron chi connectivity index (χ0n) is 16.6. The van der Waals surface area contributed by atoms with E-state index in [1.165, 1.54) is 5.56 Å². The fourth-order valence-corrected chi connectivity index (χ4v) is 4.82. The van der Waals surface area contributed by atoms with Crippen LogP contribution in [0.4, 0.5) is 5.69 Å². The molecular formula is C23H27N5O. The lowest BCUT2D eigenvalue weighted by atomic mass is 9.85. The number of aryl methyl sites for hydroxylation is 1. The van der Waals surface area contributed by atoms with Crippen LogP contribution >= 0.6 is 0 Å². The van der Waals surface area contributed by atoms with Crippen molar-refractivity contribution in [3.8, 4) is 0 Å². The average Bonchev–Trinajstić information content (AvgIpc) is 3.35. The second-order valence-corrected chi connectivity index (χ2v) is 8.16. The van der Waals surface area contributed by atoms with Crippen LogP contribution in [-0.4, -0.2) is 52.6 Å². The number of hydrogen-bond acceptors (Lipinski definition) is 4. The number of fused-ring (bicyclic) bond motifs is 1. The van der Waals surface area contributed by atoms with Crippen molar-refractivity contribution in [3.05, 3.63) is 60.4 Å². The first kappa shape index (κ1) is 18.2. The van der Waals surface area contributed by atoms with Gasteiger partial charge in [0.15, 0.2) is 0 Å². The molecule has 6 nitrogen and oxygen atoms in total. The summed E-state index contributed by atoms with van der Waals surface area (Å²) in [5.74, 6) is 0.189. The van der Waals surface area contributed by atoms with Crippen LogP contribution in [0.2, 0.25) is 0 Å².